The Balaban J connectivity index is 1.87. The predicted molar refractivity (Wildman–Crippen MR) is 98.3 cm³/mol. The molecule has 1 N–H and O–H groups in total. The van der Waals surface area contributed by atoms with Gasteiger partial charge < -0.3 is 4.74 Å². The van der Waals surface area contributed by atoms with E-state index in [1.807, 2.05) is 24.3 Å². The van der Waals surface area contributed by atoms with Crippen LogP contribution in [0.2, 0.25) is 0 Å². The summed E-state index contributed by atoms with van der Waals surface area (Å²) in [5.41, 5.74) is 4.47. The van der Waals surface area contributed by atoms with Gasteiger partial charge in [-0.1, -0.05) is 32.9 Å². The van der Waals surface area contributed by atoms with Crippen LogP contribution in [0, 0.1) is 0 Å². The van der Waals surface area contributed by atoms with Crippen LogP contribution in [-0.2, 0) is 10.2 Å². The smallest absolute Gasteiger partial charge is 0.277 e. The highest BCUT2D eigenvalue weighted by Crippen LogP contribution is 2.31. The highest BCUT2D eigenvalue weighted by Gasteiger charge is 2.15. The molecule has 0 aliphatic heterocycles. The zero-order valence-corrected chi connectivity index (χ0v) is 15.5. The molecule has 0 bridgehead atoms. The van der Waals surface area contributed by atoms with E-state index in [0.29, 0.717) is 5.75 Å². The highest BCUT2D eigenvalue weighted by atomic mass is 79.9. The SMILES string of the molecule is CC(C)(C)c1ccc(OCC(=O)N/N=C/c2cccnc2)c(Br)c1. The van der Waals surface area contributed by atoms with Crippen molar-refractivity contribution in [2.75, 3.05) is 6.61 Å². The molecule has 1 amide bonds. The molecule has 0 atom stereocenters. The van der Waals surface area contributed by atoms with Crippen molar-refractivity contribution >= 4 is 28.1 Å². The molecule has 0 saturated carbocycles. The summed E-state index contributed by atoms with van der Waals surface area (Å²) < 4.78 is 6.34. The molecule has 1 heterocycles. The summed E-state index contributed by atoms with van der Waals surface area (Å²) in [6.07, 6.45) is 4.85. The summed E-state index contributed by atoms with van der Waals surface area (Å²) in [7, 11) is 0. The third-order valence-corrected chi connectivity index (χ3v) is 3.86. The fourth-order valence-corrected chi connectivity index (χ4v) is 2.38. The number of ether oxygens (including phenoxy) is 1. The van der Waals surface area contributed by atoms with Gasteiger partial charge in [-0.3, -0.25) is 9.78 Å². The van der Waals surface area contributed by atoms with Crippen molar-refractivity contribution in [3.05, 3.63) is 58.3 Å². The van der Waals surface area contributed by atoms with E-state index in [0.717, 1.165) is 10.0 Å². The summed E-state index contributed by atoms with van der Waals surface area (Å²) in [6.45, 7) is 6.31. The average Bonchev–Trinajstić information content (AvgIpc) is 2.54. The molecule has 1 aromatic heterocycles. The molecule has 0 radical (unpaired) electrons. The molecular formula is C18H20BrN3O2. The second-order valence-electron chi connectivity index (χ2n) is 6.26. The van der Waals surface area contributed by atoms with Crippen LogP contribution < -0.4 is 10.2 Å². The van der Waals surface area contributed by atoms with Gasteiger partial charge in [0, 0.05) is 18.0 Å². The number of carbonyl (C=O) groups is 1. The summed E-state index contributed by atoms with van der Waals surface area (Å²) in [5.74, 6) is 0.288. The Labute approximate surface area is 150 Å². The number of aromatic nitrogens is 1. The maximum atomic E-state index is 11.8. The van der Waals surface area contributed by atoms with Crippen LogP contribution >= 0.6 is 15.9 Å². The zero-order chi connectivity index (χ0) is 17.6. The van der Waals surface area contributed by atoms with Crippen molar-refractivity contribution in [2.24, 2.45) is 5.10 Å². The molecule has 0 saturated heterocycles. The molecule has 0 aliphatic rings. The molecular weight excluding hydrogens is 370 g/mol. The maximum Gasteiger partial charge on any atom is 0.277 e. The Morgan fingerprint density at radius 1 is 1.38 bits per heavy atom. The fourth-order valence-electron chi connectivity index (χ4n) is 1.89. The van der Waals surface area contributed by atoms with Crippen LogP contribution in [0.1, 0.15) is 31.9 Å². The second kappa shape index (κ2) is 8.06. The maximum absolute atomic E-state index is 11.8. The lowest BCUT2D eigenvalue weighted by Gasteiger charge is -2.20. The van der Waals surface area contributed by atoms with Crippen LogP contribution in [0.4, 0.5) is 0 Å². The third-order valence-electron chi connectivity index (χ3n) is 3.24. The minimum Gasteiger partial charge on any atom is -0.483 e. The lowest BCUT2D eigenvalue weighted by atomic mass is 9.87. The molecule has 6 heteroatoms. The van der Waals surface area contributed by atoms with Crippen molar-refractivity contribution < 1.29 is 9.53 Å². The normalized spacial score (nSPS) is 11.5. The number of carbonyl (C=O) groups excluding carboxylic acids is 1. The molecule has 0 unspecified atom stereocenters. The van der Waals surface area contributed by atoms with E-state index >= 15 is 0 Å². The van der Waals surface area contributed by atoms with E-state index in [2.05, 4.69) is 52.2 Å². The van der Waals surface area contributed by atoms with Gasteiger partial charge in [0.25, 0.3) is 5.91 Å². The van der Waals surface area contributed by atoms with Gasteiger partial charge in [-0.25, -0.2) is 5.43 Å². The minimum absolute atomic E-state index is 0.0550. The molecule has 5 nitrogen and oxygen atoms in total. The number of pyridine rings is 1. The topological polar surface area (TPSA) is 63.6 Å². The Morgan fingerprint density at radius 3 is 2.79 bits per heavy atom. The molecule has 1 aromatic carbocycles. The highest BCUT2D eigenvalue weighted by molar-refractivity contribution is 9.10. The number of halogens is 1. The van der Waals surface area contributed by atoms with E-state index < -0.39 is 0 Å². The van der Waals surface area contributed by atoms with E-state index in [1.54, 1.807) is 18.5 Å². The van der Waals surface area contributed by atoms with Gasteiger partial charge in [-0.2, -0.15) is 5.10 Å². The van der Waals surface area contributed by atoms with Gasteiger partial charge in [-0.05, 0) is 45.1 Å². The standard InChI is InChI=1S/C18H20BrN3O2/c1-18(2,3)14-6-7-16(15(19)9-14)24-12-17(23)22-21-11-13-5-4-8-20-10-13/h4-11H,12H2,1-3H3,(H,22,23)/b21-11+. The first kappa shape index (κ1) is 18.1. The van der Waals surface area contributed by atoms with Crippen LogP contribution in [0.25, 0.3) is 0 Å². The largest absolute Gasteiger partial charge is 0.483 e. The van der Waals surface area contributed by atoms with Gasteiger partial charge >= 0.3 is 0 Å². The van der Waals surface area contributed by atoms with Crippen LogP contribution in [0.15, 0.2) is 52.3 Å². The Bertz CT molecular complexity index is 725. The van der Waals surface area contributed by atoms with Gasteiger partial charge in [0.05, 0.1) is 10.7 Å². The Morgan fingerprint density at radius 2 is 2.17 bits per heavy atom. The van der Waals surface area contributed by atoms with E-state index in [-0.39, 0.29) is 17.9 Å². The zero-order valence-electron chi connectivity index (χ0n) is 13.9. The Hall–Kier alpha value is -2.21. The summed E-state index contributed by atoms with van der Waals surface area (Å²) in [5, 5.41) is 3.87. The third kappa shape index (κ3) is 5.45. The molecule has 24 heavy (non-hydrogen) atoms. The number of benzene rings is 1. The summed E-state index contributed by atoms with van der Waals surface area (Å²) >= 11 is 3.48. The van der Waals surface area contributed by atoms with Crippen molar-refractivity contribution in [1.29, 1.82) is 0 Å². The van der Waals surface area contributed by atoms with Crippen molar-refractivity contribution in [3.8, 4) is 5.75 Å². The molecule has 0 fully saturated rings. The van der Waals surface area contributed by atoms with Crippen molar-refractivity contribution in [1.82, 2.24) is 10.4 Å². The lowest BCUT2D eigenvalue weighted by molar-refractivity contribution is -0.123. The first-order valence-electron chi connectivity index (χ1n) is 7.51. The lowest BCUT2D eigenvalue weighted by Crippen LogP contribution is -2.24. The first-order chi connectivity index (χ1) is 11.4. The minimum atomic E-state index is -0.332. The second-order valence-corrected chi connectivity index (χ2v) is 7.12. The van der Waals surface area contributed by atoms with E-state index in [4.69, 9.17) is 4.74 Å². The molecule has 2 aromatic rings. The van der Waals surface area contributed by atoms with Crippen molar-refractivity contribution in [2.45, 2.75) is 26.2 Å². The summed E-state index contributed by atoms with van der Waals surface area (Å²) in [6, 6.07) is 9.50. The number of hydrazone groups is 1. The number of hydrogen-bond acceptors (Lipinski definition) is 4. The van der Waals surface area contributed by atoms with Gasteiger partial charge in [0.1, 0.15) is 5.75 Å². The number of rotatable bonds is 5. The first-order valence-corrected chi connectivity index (χ1v) is 8.30. The molecule has 0 spiro atoms. The molecule has 126 valence electrons. The monoisotopic (exact) mass is 389 g/mol. The summed E-state index contributed by atoms with van der Waals surface area (Å²) in [4.78, 5) is 15.7. The molecule has 2 rings (SSSR count). The average molecular weight is 390 g/mol. The van der Waals surface area contributed by atoms with Crippen LogP contribution in [-0.4, -0.2) is 23.7 Å². The predicted octanol–water partition coefficient (Wildman–Crippen LogP) is 3.67. The number of hydrogen-bond donors (Lipinski definition) is 1. The van der Waals surface area contributed by atoms with E-state index in [1.165, 1.54) is 11.8 Å². The van der Waals surface area contributed by atoms with Crippen molar-refractivity contribution in [3.63, 3.8) is 0 Å². The van der Waals surface area contributed by atoms with Gasteiger partial charge in [-0.15, -0.1) is 0 Å². The molecule has 0 aliphatic carbocycles. The van der Waals surface area contributed by atoms with Gasteiger partial charge in [0.2, 0.25) is 0 Å². The number of nitrogens with one attached hydrogen (secondary N) is 1. The van der Waals surface area contributed by atoms with Crippen LogP contribution in [0.5, 0.6) is 5.75 Å². The quantitative estimate of drug-likeness (QED) is 0.626. The number of nitrogens with zero attached hydrogens (tertiary/aromatic N) is 2. The Kier molecular flexibility index (Phi) is 6.09. The van der Waals surface area contributed by atoms with E-state index in [9.17, 15) is 4.79 Å². The fraction of sp³-hybridized carbons (Fsp3) is 0.278. The number of amides is 1. The van der Waals surface area contributed by atoms with Crippen LogP contribution in [0.3, 0.4) is 0 Å². The van der Waals surface area contributed by atoms with Gasteiger partial charge in [0.15, 0.2) is 6.61 Å².